The number of pyridine rings is 1. The first-order valence-corrected chi connectivity index (χ1v) is 8.45. The van der Waals surface area contributed by atoms with Gasteiger partial charge in [-0.2, -0.15) is 4.98 Å². The van der Waals surface area contributed by atoms with Gasteiger partial charge in [0, 0.05) is 17.7 Å². The number of hydrogen-bond acceptors (Lipinski definition) is 5. The molecule has 4 nitrogen and oxygen atoms in total. The third kappa shape index (κ3) is 1.83. The zero-order chi connectivity index (χ0) is 13.8. The Morgan fingerprint density at radius 3 is 2.90 bits per heavy atom. The van der Waals surface area contributed by atoms with Crippen LogP contribution >= 0.6 is 11.3 Å². The minimum atomic E-state index is 0.521. The summed E-state index contributed by atoms with van der Waals surface area (Å²) in [6.45, 7) is 0. The van der Waals surface area contributed by atoms with Gasteiger partial charge in [0.25, 0.3) is 0 Å². The zero-order valence-corrected chi connectivity index (χ0v) is 12.3. The highest BCUT2D eigenvalue weighted by Crippen LogP contribution is 2.60. The van der Waals surface area contributed by atoms with Crippen LogP contribution in [-0.4, -0.2) is 15.1 Å². The van der Waals surface area contributed by atoms with Crippen LogP contribution in [0.1, 0.15) is 37.5 Å². The Hall–Kier alpha value is -1.75. The molecule has 2 atom stereocenters. The Bertz CT molecular complexity index is 797. The summed E-state index contributed by atoms with van der Waals surface area (Å²) in [5.74, 6) is 3.63. The molecule has 2 aliphatic rings. The summed E-state index contributed by atoms with van der Waals surface area (Å²) >= 11 is 1.69. The van der Waals surface area contributed by atoms with E-state index in [4.69, 9.17) is 4.52 Å². The Morgan fingerprint density at radius 2 is 2.05 bits per heavy atom. The van der Waals surface area contributed by atoms with Crippen LogP contribution in [0.15, 0.2) is 28.2 Å². The Morgan fingerprint density at radius 1 is 1.19 bits per heavy atom. The fourth-order valence-electron chi connectivity index (χ4n) is 3.82. The molecule has 2 fully saturated rings. The molecular formula is C16H15N3OS. The van der Waals surface area contributed by atoms with Crippen molar-refractivity contribution in [2.24, 2.45) is 11.8 Å². The topological polar surface area (TPSA) is 51.8 Å². The molecule has 0 bridgehead atoms. The van der Waals surface area contributed by atoms with Gasteiger partial charge in [0.15, 0.2) is 0 Å². The van der Waals surface area contributed by atoms with Crippen LogP contribution in [0.5, 0.6) is 0 Å². The van der Waals surface area contributed by atoms with Crippen molar-refractivity contribution < 1.29 is 4.52 Å². The monoisotopic (exact) mass is 297 g/mol. The van der Waals surface area contributed by atoms with Crippen molar-refractivity contribution in [3.05, 3.63) is 29.6 Å². The third-order valence-electron chi connectivity index (χ3n) is 4.94. The minimum absolute atomic E-state index is 0.521. The number of hydrogen-bond donors (Lipinski definition) is 0. The maximum atomic E-state index is 5.54. The van der Waals surface area contributed by atoms with E-state index in [2.05, 4.69) is 26.6 Å². The van der Waals surface area contributed by atoms with E-state index in [0.29, 0.717) is 11.7 Å². The van der Waals surface area contributed by atoms with Gasteiger partial charge >= 0.3 is 0 Å². The number of nitrogens with zero attached hydrogens (tertiary/aromatic N) is 3. The summed E-state index contributed by atoms with van der Waals surface area (Å²) in [6.07, 6.45) is 7.21. The van der Waals surface area contributed by atoms with Crippen molar-refractivity contribution in [3.63, 3.8) is 0 Å². The molecule has 2 aliphatic carbocycles. The van der Waals surface area contributed by atoms with Crippen LogP contribution in [-0.2, 0) is 0 Å². The maximum absolute atomic E-state index is 5.54. The fourth-order valence-corrected chi connectivity index (χ4v) is 4.60. The van der Waals surface area contributed by atoms with Crippen LogP contribution in [0.2, 0.25) is 0 Å². The average Bonchev–Trinajstić information content (AvgIpc) is 2.90. The molecule has 5 heteroatoms. The van der Waals surface area contributed by atoms with E-state index < -0.39 is 0 Å². The molecule has 3 aromatic rings. The van der Waals surface area contributed by atoms with Gasteiger partial charge in [-0.3, -0.25) is 4.98 Å². The highest BCUT2D eigenvalue weighted by molar-refractivity contribution is 7.17. The molecule has 0 amide bonds. The van der Waals surface area contributed by atoms with Gasteiger partial charge in [-0.05, 0) is 42.2 Å². The van der Waals surface area contributed by atoms with E-state index in [1.807, 2.05) is 12.3 Å². The number of aromatic nitrogens is 3. The van der Waals surface area contributed by atoms with Crippen molar-refractivity contribution in [2.75, 3.05) is 0 Å². The lowest BCUT2D eigenvalue weighted by Gasteiger charge is -2.04. The molecule has 2 saturated carbocycles. The standard InChI is InChI=1S/C16H15N3OS/c1-2-4-11-10(3-1)14(11)16-18-15(19-20-16)9-7-13-12(17-8-9)5-6-21-13/h5-8,10-11,14H,1-4H2. The molecule has 106 valence electrons. The van der Waals surface area contributed by atoms with E-state index in [1.54, 1.807) is 11.3 Å². The van der Waals surface area contributed by atoms with Crippen LogP contribution in [0.4, 0.5) is 0 Å². The van der Waals surface area contributed by atoms with Gasteiger partial charge in [-0.1, -0.05) is 18.0 Å². The smallest absolute Gasteiger partial charge is 0.230 e. The lowest BCUT2D eigenvalue weighted by Crippen LogP contribution is -1.91. The molecule has 2 unspecified atom stereocenters. The van der Waals surface area contributed by atoms with Crippen molar-refractivity contribution in [3.8, 4) is 11.4 Å². The van der Waals surface area contributed by atoms with Gasteiger partial charge in [-0.15, -0.1) is 11.3 Å². The summed E-state index contributed by atoms with van der Waals surface area (Å²) in [7, 11) is 0. The molecular weight excluding hydrogens is 282 g/mol. The van der Waals surface area contributed by atoms with Gasteiger partial charge < -0.3 is 4.52 Å². The molecule has 0 radical (unpaired) electrons. The maximum Gasteiger partial charge on any atom is 0.230 e. The Labute approximate surface area is 126 Å². The molecule has 0 saturated heterocycles. The largest absolute Gasteiger partial charge is 0.339 e. The third-order valence-corrected chi connectivity index (χ3v) is 5.80. The Kier molecular flexibility index (Phi) is 2.47. The van der Waals surface area contributed by atoms with Crippen molar-refractivity contribution in [2.45, 2.75) is 31.6 Å². The van der Waals surface area contributed by atoms with E-state index >= 15 is 0 Å². The highest BCUT2D eigenvalue weighted by Gasteiger charge is 2.54. The predicted molar refractivity (Wildman–Crippen MR) is 81.1 cm³/mol. The Balaban J connectivity index is 1.47. The zero-order valence-electron chi connectivity index (χ0n) is 11.5. The van der Waals surface area contributed by atoms with Crippen LogP contribution in [0.25, 0.3) is 21.6 Å². The molecule has 0 aliphatic heterocycles. The van der Waals surface area contributed by atoms with Crippen LogP contribution in [0, 0.1) is 11.8 Å². The summed E-state index contributed by atoms with van der Waals surface area (Å²) in [5, 5.41) is 6.23. The van der Waals surface area contributed by atoms with E-state index in [1.165, 1.54) is 30.4 Å². The second-order valence-corrected chi connectivity index (χ2v) is 7.07. The van der Waals surface area contributed by atoms with Crippen molar-refractivity contribution in [1.29, 1.82) is 0 Å². The second-order valence-electron chi connectivity index (χ2n) is 6.12. The average molecular weight is 297 g/mol. The van der Waals surface area contributed by atoms with Crippen LogP contribution < -0.4 is 0 Å². The van der Waals surface area contributed by atoms with E-state index in [9.17, 15) is 0 Å². The molecule has 0 aromatic carbocycles. The van der Waals surface area contributed by atoms with Gasteiger partial charge in [0.05, 0.1) is 10.2 Å². The van der Waals surface area contributed by atoms with E-state index in [-0.39, 0.29) is 0 Å². The van der Waals surface area contributed by atoms with E-state index in [0.717, 1.165) is 28.8 Å². The quantitative estimate of drug-likeness (QED) is 0.709. The minimum Gasteiger partial charge on any atom is -0.339 e. The number of thiophene rings is 1. The van der Waals surface area contributed by atoms with Gasteiger partial charge in [0.1, 0.15) is 0 Å². The van der Waals surface area contributed by atoms with Crippen molar-refractivity contribution >= 4 is 21.6 Å². The normalized spacial score (nSPS) is 27.7. The second kappa shape index (κ2) is 4.37. The first kappa shape index (κ1) is 11.9. The van der Waals surface area contributed by atoms with Gasteiger partial charge in [0.2, 0.25) is 11.7 Å². The lowest BCUT2D eigenvalue weighted by atomic mass is 10.0. The first-order valence-electron chi connectivity index (χ1n) is 7.57. The molecule has 3 aromatic heterocycles. The summed E-state index contributed by atoms with van der Waals surface area (Å²) in [4.78, 5) is 9.09. The molecule has 0 N–H and O–H groups in total. The number of rotatable bonds is 2. The van der Waals surface area contributed by atoms with Crippen molar-refractivity contribution in [1.82, 2.24) is 15.1 Å². The van der Waals surface area contributed by atoms with Crippen LogP contribution in [0.3, 0.4) is 0 Å². The fraction of sp³-hybridized carbons (Fsp3) is 0.438. The predicted octanol–water partition coefficient (Wildman–Crippen LogP) is 4.25. The highest BCUT2D eigenvalue weighted by atomic mass is 32.1. The SMILES string of the molecule is c1cc2ncc(-c3noc(C4C5CCCCC54)n3)cc2s1. The lowest BCUT2D eigenvalue weighted by molar-refractivity contribution is 0.373. The summed E-state index contributed by atoms with van der Waals surface area (Å²) in [6, 6.07) is 4.13. The van der Waals surface area contributed by atoms with Gasteiger partial charge in [-0.25, -0.2) is 0 Å². The summed E-state index contributed by atoms with van der Waals surface area (Å²) < 4.78 is 6.71. The molecule has 21 heavy (non-hydrogen) atoms. The molecule has 3 heterocycles. The first-order chi connectivity index (χ1) is 10.4. The summed E-state index contributed by atoms with van der Waals surface area (Å²) in [5.41, 5.74) is 1.98. The molecule has 5 rings (SSSR count). The number of fused-ring (bicyclic) bond motifs is 2. The molecule has 0 spiro atoms.